The third-order valence-electron chi connectivity index (χ3n) is 3.40. The molecule has 0 aromatic heterocycles. The summed E-state index contributed by atoms with van der Waals surface area (Å²) in [4.78, 5) is 11.0. The zero-order chi connectivity index (χ0) is 14.3. The lowest BCUT2D eigenvalue weighted by Gasteiger charge is -2.08. The van der Waals surface area contributed by atoms with Crippen LogP contribution >= 0.6 is 0 Å². The van der Waals surface area contributed by atoms with Gasteiger partial charge in [0.05, 0.1) is 5.56 Å². The molecule has 1 rings (SSSR count). The number of unbranched alkanes of at least 4 members (excludes halogenated alkanes) is 3. The minimum Gasteiger partial charge on any atom is -0.478 e. The molecule has 1 aromatic rings. The Morgan fingerprint density at radius 3 is 2.53 bits per heavy atom. The van der Waals surface area contributed by atoms with Gasteiger partial charge in [0, 0.05) is 5.69 Å². The van der Waals surface area contributed by atoms with Crippen LogP contribution in [-0.2, 0) is 6.42 Å². The molecule has 0 amide bonds. The Kier molecular flexibility index (Phi) is 6.40. The van der Waals surface area contributed by atoms with Crippen molar-refractivity contribution in [3.63, 3.8) is 0 Å². The maximum atomic E-state index is 11.0. The Bertz CT molecular complexity index is 413. The number of para-hydroxylation sites is 1. The van der Waals surface area contributed by atoms with Crippen molar-refractivity contribution in [1.29, 1.82) is 0 Å². The van der Waals surface area contributed by atoms with Crippen LogP contribution in [0.1, 0.15) is 61.9 Å². The third-order valence-corrected chi connectivity index (χ3v) is 3.40. The molecule has 0 fully saturated rings. The predicted molar refractivity (Wildman–Crippen MR) is 79.4 cm³/mol. The first kappa shape index (κ1) is 15.5. The van der Waals surface area contributed by atoms with E-state index in [2.05, 4.69) is 13.8 Å². The van der Waals surface area contributed by atoms with E-state index < -0.39 is 5.97 Å². The number of aryl methyl sites for hydroxylation is 1. The summed E-state index contributed by atoms with van der Waals surface area (Å²) in [5.41, 5.74) is 7.49. The van der Waals surface area contributed by atoms with Gasteiger partial charge in [-0.25, -0.2) is 4.79 Å². The second-order valence-electron chi connectivity index (χ2n) is 5.53. The lowest BCUT2D eigenvalue weighted by atomic mass is 10.00. The minimum atomic E-state index is -0.948. The molecule has 0 aliphatic heterocycles. The second-order valence-corrected chi connectivity index (χ2v) is 5.53. The van der Waals surface area contributed by atoms with E-state index in [1.807, 2.05) is 6.07 Å². The molecule has 1 aromatic carbocycles. The smallest absolute Gasteiger partial charge is 0.337 e. The van der Waals surface area contributed by atoms with Crippen molar-refractivity contribution in [1.82, 2.24) is 0 Å². The molecule has 0 saturated carbocycles. The quantitative estimate of drug-likeness (QED) is 0.548. The van der Waals surface area contributed by atoms with Gasteiger partial charge >= 0.3 is 5.97 Å². The molecular weight excluding hydrogens is 238 g/mol. The van der Waals surface area contributed by atoms with E-state index >= 15 is 0 Å². The number of anilines is 1. The highest BCUT2D eigenvalue weighted by molar-refractivity contribution is 5.94. The van der Waals surface area contributed by atoms with Crippen molar-refractivity contribution >= 4 is 11.7 Å². The van der Waals surface area contributed by atoms with E-state index in [4.69, 9.17) is 10.8 Å². The van der Waals surface area contributed by atoms with Gasteiger partial charge in [-0.1, -0.05) is 51.7 Å². The summed E-state index contributed by atoms with van der Waals surface area (Å²) in [5.74, 6) is -0.167. The summed E-state index contributed by atoms with van der Waals surface area (Å²) in [6.07, 6.45) is 6.94. The van der Waals surface area contributed by atoms with Crippen LogP contribution < -0.4 is 5.73 Å². The number of aromatic carboxylic acids is 1. The summed E-state index contributed by atoms with van der Waals surface area (Å²) in [5, 5.41) is 9.00. The molecule has 0 aliphatic rings. The van der Waals surface area contributed by atoms with Gasteiger partial charge in [0.2, 0.25) is 0 Å². The van der Waals surface area contributed by atoms with Gasteiger partial charge in [-0.2, -0.15) is 0 Å². The fourth-order valence-corrected chi connectivity index (χ4v) is 2.24. The SMILES string of the molecule is CC(C)CCCCCCc1cccc(C(=O)O)c1N. The zero-order valence-corrected chi connectivity index (χ0v) is 12.0. The Morgan fingerprint density at radius 1 is 1.21 bits per heavy atom. The van der Waals surface area contributed by atoms with Crippen molar-refractivity contribution in [3.05, 3.63) is 29.3 Å². The topological polar surface area (TPSA) is 63.3 Å². The summed E-state index contributed by atoms with van der Waals surface area (Å²) < 4.78 is 0. The maximum absolute atomic E-state index is 11.0. The first-order chi connectivity index (χ1) is 9.02. The molecule has 19 heavy (non-hydrogen) atoms. The number of carboxylic acids is 1. The summed E-state index contributed by atoms with van der Waals surface area (Å²) in [6.45, 7) is 4.50. The van der Waals surface area contributed by atoms with Crippen molar-refractivity contribution < 1.29 is 9.90 Å². The molecule has 106 valence electrons. The van der Waals surface area contributed by atoms with Crippen LogP contribution in [0.25, 0.3) is 0 Å². The standard InChI is InChI=1S/C16H25NO2/c1-12(2)8-5-3-4-6-9-13-10-7-11-14(15(13)17)16(18)19/h7,10-12H,3-6,8-9,17H2,1-2H3,(H,18,19). The van der Waals surface area contributed by atoms with Gasteiger partial charge in [0.1, 0.15) is 0 Å². The molecule has 0 aliphatic carbocycles. The fourth-order valence-electron chi connectivity index (χ4n) is 2.24. The summed E-state index contributed by atoms with van der Waals surface area (Å²) >= 11 is 0. The van der Waals surface area contributed by atoms with Crippen LogP contribution in [0.2, 0.25) is 0 Å². The molecule has 0 heterocycles. The van der Waals surface area contributed by atoms with Crippen LogP contribution in [0.3, 0.4) is 0 Å². The van der Waals surface area contributed by atoms with E-state index in [0.29, 0.717) is 5.69 Å². The monoisotopic (exact) mass is 263 g/mol. The average Bonchev–Trinajstić information content (AvgIpc) is 2.34. The number of nitrogens with two attached hydrogens (primary N) is 1. The van der Waals surface area contributed by atoms with Crippen molar-refractivity contribution in [3.8, 4) is 0 Å². The lowest BCUT2D eigenvalue weighted by Crippen LogP contribution is -2.05. The highest BCUT2D eigenvalue weighted by Crippen LogP contribution is 2.20. The number of hydrogen-bond donors (Lipinski definition) is 2. The Morgan fingerprint density at radius 2 is 1.89 bits per heavy atom. The molecule has 0 radical (unpaired) electrons. The van der Waals surface area contributed by atoms with Crippen LogP contribution in [0, 0.1) is 5.92 Å². The van der Waals surface area contributed by atoms with Gasteiger partial charge in [-0.3, -0.25) is 0 Å². The van der Waals surface area contributed by atoms with E-state index in [1.54, 1.807) is 12.1 Å². The van der Waals surface area contributed by atoms with Crippen molar-refractivity contribution in [2.75, 3.05) is 5.73 Å². The third kappa shape index (κ3) is 5.33. The average molecular weight is 263 g/mol. The first-order valence-corrected chi connectivity index (χ1v) is 7.13. The van der Waals surface area contributed by atoms with Gasteiger partial charge in [-0.15, -0.1) is 0 Å². The molecule has 0 atom stereocenters. The first-order valence-electron chi connectivity index (χ1n) is 7.13. The molecule has 3 N–H and O–H groups in total. The molecule has 0 spiro atoms. The van der Waals surface area contributed by atoms with E-state index in [0.717, 1.165) is 24.3 Å². The number of benzene rings is 1. The zero-order valence-electron chi connectivity index (χ0n) is 12.0. The van der Waals surface area contributed by atoms with Crippen molar-refractivity contribution in [2.24, 2.45) is 5.92 Å². The number of rotatable bonds is 8. The summed E-state index contributed by atoms with van der Waals surface area (Å²) in [7, 11) is 0. The van der Waals surface area contributed by atoms with Crippen LogP contribution in [0.4, 0.5) is 5.69 Å². The van der Waals surface area contributed by atoms with Crippen LogP contribution in [-0.4, -0.2) is 11.1 Å². The van der Waals surface area contributed by atoms with E-state index in [1.165, 1.54) is 25.7 Å². The molecule has 3 heteroatoms. The van der Waals surface area contributed by atoms with Crippen LogP contribution in [0.5, 0.6) is 0 Å². The maximum Gasteiger partial charge on any atom is 0.337 e. The molecule has 0 bridgehead atoms. The Hall–Kier alpha value is -1.51. The number of nitrogen functional groups attached to an aromatic ring is 1. The van der Waals surface area contributed by atoms with E-state index in [9.17, 15) is 4.79 Å². The second kappa shape index (κ2) is 7.82. The van der Waals surface area contributed by atoms with Gasteiger partial charge in [0.25, 0.3) is 0 Å². The number of carboxylic acid groups (broad SMARTS) is 1. The lowest BCUT2D eigenvalue weighted by molar-refractivity contribution is 0.0698. The van der Waals surface area contributed by atoms with Gasteiger partial charge < -0.3 is 10.8 Å². The molecule has 0 unspecified atom stereocenters. The molecular formula is C16H25NO2. The molecule has 0 saturated heterocycles. The largest absolute Gasteiger partial charge is 0.478 e. The van der Waals surface area contributed by atoms with Gasteiger partial charge in [-0.05, 0) is 30.4 Å². The van der Waals surface area contributed by atoms with E-state index in [-0.39, 0.29) is 5.56 Å². The number of hydrogen-bond acceptors (Lipinski definition) is 2. The molecule has 3 nitrogen and oxygen atoms in total. The van der Waals surface area contributed by atoms with Gasteiger partial charge in [0.15, 0.2) is 0 Å². The Balaban J connectivity index is 2.37. The normalized spacial score (nSPS) is 10.9. The summed E-state index contributed by atoms with van der Waals surface area (Å²) in [6, 6.07) is 5.26. The minimum absolute atomic E-state index is 0.220. The fraction of sp³-hybridized carbons (Fsp3) is 0.562. The predicted octanol–water partition coefficient (Wildman–Crippen LogP) is 4.12. The van der Waals surface area contributed by atoms with Crippen LogP contribution in [0.15, 0.2) is 18.2 Å². The Labute approximate surface area is 115 Å². The van der Waals surface area contributed by atoms with Crippen molar-refractivity contribution in [2.45, 2.75) is 52.4 Å². The highest BCUT2D eigenvalue weighted by Gasteiger charge is 2.10. The number of carbonyl (C=O) groups is 1. The highest BCUT2D eigenvalue weighted by atomic mass is 16.4.